The largest absolute Gasteiger partial charge is 0.317 e. The predicted octanol–water partition coefficient (Wildman–Crippen LogP) is 3.78. The van der Waals surface area contributed by atoms with Crippen molar-refractivity contribution in [1.82, 2.24) is 15.1 Å². The number of anilines is 1. The zero-order valence-electron chi connectivity index (χ0n) is 16.6. The number of hydrogen-bond acceptors (Lipinski definition) is 3. The Morgan fingerprint density at radius 1 is 1.07 bits per heavy atom. The summed E-state index contributed by atoms with van der Waals surface area (Å²) < 4.78 is 15.5. The molecule has 2 aromatic carbocycles. The second kappa shape index (κ2) is 8.20. The van der Waals surface area contributed by atoms with Gasteiger partial charge in [0.1, 0.15) is 11.4 Å². The molecule has 3 heterocycles. The number of piperidine rings is 1. The monoisotopic (exact) mass is 426 g/mol. The van der Waals surface area contributed by atoms with Crippen LogP contribution in [0.4, 0.5) is 10.1 Å². The van der Waals surface area contributed by atoms with Gasteiger partial charge in [-0.2, -0.15) is 5.10 Å². The molecule has 30 heavy (non-hydrogen) atoms. The highest BCUT2D eigenvalue weighted by Crippen LogP contribution is 2.37. The minimum absolute atomic E-state index is 0. The van der Waals surface area contributed by atoms with Crippen molar-refractivity contribution in [3.05, 3.63) is 72.3 Å². The molecule has 156 valence electrons. The Balaban J connectivity index is 0.00000218. The first-order valence-corrected chi connectivity index (χ1v) is 10.1. The smallest absolute Gasteiger partial charge is 0.255 e. The van der Waals surface area contributed by atoms with Gasteiger partial charge in [-0.25, -0.2) is 4.39 Å². The van der Waals surface area contributed by atoms with Gasteiger partial charge in [0.25, 0.3) is 5.91 Å². The summed E-state index contributed by atoms with van der Waals surface area (Å²) in [5.41, 5.74) is 3.27. The third-order valence-electron chi connectivity index (χ3n) is 6.15. The zero-order valence-corrected chi connectivity index (χ0v) is 17.4. The van der Waals surface area contributed by atoms with Crippen molar-refractivity contribution in [3.8, 4) is 11.1 Å². The molecular formula is C23H24ClFN4O. The molecule has 0 saturated carbocycles. The number of nitrogens with one attached hydrogen (secondary N) is 1. The Bertz CT molecular complexity index is 1050. The van der Waals surface area contributed by atoms with Crippen molar-refractivity contribution in [2.45, 2.75) is 24.8 Å². The van der Waals surface area contributed by atoms with Gasteiger partial charge in [0.2, 0.25) is 0 Å². The molecule has 5 nitrogen and oxygen atoms in total. The number of aromatic nitrogens is 2. The molecule has 1 aromatic heterocycles. The number of amides is 1. The van der Waals surface area contributed by atoms with E-state index in [4.69, 9.17) is 0 Å². The lowest BCUT2D eigenvalue weighted by molar-refractivity contribution is -0.129. The molecule has 1 amide bonds. The molecule has 1 N–H and O–H groups in total. The highest BCUT2D eigenvalue weighted by molar-refractivity contribution is 6.01. The van der Waals surface area contributed by atoms with Gasteiger partial charge in [0.15, 0.2) is 0 Å². The fourth-order valence-corrected chi connectivity index (χ4v) is 4.61. The Morgan fingerprint density at radius 3 is 2.60 bits per heavy atom. The molecule has 0 radical (unpaired) electrons. The molecule has 5 rings (SSSR count). The molecule has 2 aliphatic rings. The number of rotatable bonds is 3. The fourth-order valence-electron chi connectivity index (χ4n) is 4.61. The summed E-state index contributed by atoms with van der Waals surface area (Å²) in [6.07, 6.45) is 5.88. The van der Waals surface area contributed by atoms with E-state index in [0.717, 1.165) is 54.7 Å². The summed E-state index contributed by atoms with van der Waals surface area (Å²) in [5.74, 6) is -0.133. The second-order valence-electron chi connectivity index (χ2n) is 7.79. The van der Waals surface area contributed by atoms with E-state index >= 15 is 0 Å². The first-order valence-electron chi connectivity index (χ1n) is 10.1. The van der Waals surface area contributed by atoms with Gasteiger partial charge >= 0.3 is 0 Å². The third-order valence-corrected chi connectivity index (χ3v) is 6.15. The Hall–Kier alpha value is -2.70. The average Bonchev–Trinajstić information content (AvgIpc) is 3.44. The van der Waals surface area contributed by atoms with Crippen molar-refractivity contribution in [2.75, 3.05) is 24.5 Å². The van der Waals surface area contributed by atoms with E-state index in [0.29, 0.717) is 6.54 Å². The number of carbonyl (C=O) groups excluding carboxylic acids is 1. The maximum atomic E-state index is 13.8. The van der Waals surface area contributed by atoms with E-state index in [-0.39, 0.29) is 24.1 Å². The Labute approximate surface area is 181 Å². The minimum atomic E-state index is -0.641. The summed E-state index contributed by atoms with van der Waals surface area (Å²) in [7, 11) is 0. The molecule has 0 unspecified atom stereocenters. The minimum Gasteiger partial charge on any atom is -0.317 e. The van der Waals surface area contributed by atoms with Crippen LogP contribution in [0.3, 0.4) is 0 Å². The number of hydrogen-bond donors (Lipinski definition) is 1. The quantitative estimate of drug-likeness (QED) is 0.693. The van der Waals surface area contributed by atoms with Crippen LogP contribution in [0.2, 0.25) is 0 Å². The van der Waals surface area contributed by atoms with Crippen LogP contribution in [-0.4, -0.2) is 35.3 Å². The number of halogens is 2. The Kier molecular flexibility index (Phi) is 5.62. The van der Waals surface area contributed by atoms with Crippen molar-refractivity contribution in [1.29, 1.82) is 0 Å². The maximum Gasteiger partial charge on any atom is 0.255 e. The van der Waals surface area contributed by atoms with Gasteiger partial charge in [0.05, 0.1) is 0 Å². The normalized spacial score (nSPS) is 17.3. The topological polar surface area (TPSA) is 50.2 Å². The molecular weight excluding hydrogens is 403 g/mol. The summed E-state index contributed by atoms with van der Waals surface area (Å²) in [4.78, 5) is 15.7. The van der Waals surface area contributed by atoms with E-state index in [1.165, 1.54) is 6.07 Å². The molecule has 1 fully saturated rings. The van der Waals surface area contributed by atoms with E-state index in [1.54, 1.807) is 18.3 Å². The molecule has 3 aromatic rings. The van der Waals surface area contributed by atoms with Gasteiger partial charge in [0, 0.05) is 24.6 Å². The highest BCUT2D eigenvalue weighted by Gasteiger charge is 2.46. The Morgan fingerprint density at radius 2 is 1.87 bits per heavy atom. The van der Waals surface area contributed by atoms with Crippen LogP contribution in [0, 0.1) is 5.82 Å². The molecule has 7 heteroatoms. The molecule has 0 spiro atoms. The molecule has 1 saturated heterocycles. The van der Waals surface area contributed by atoms with Crippen LogP contribution in [0.15, 0.2) is 60.9 Å². The standard InChI is InChI=1S/C23H23FN4O.ClH/c24-20-4-1-3-17(16-20)18-5-6-21-19(15-18)7-14-27(21)22(29)23(8-11-25-12-9-23)28-13-2-10-26-28;/h1-6,10,13,15-16,25H,7-9,11-12,14H2;1H. The van der Waals surface area contributed by atoms with Gasteiger partial charge in [-0.3, -0.25) is 9.48 Å². The van der Waals surface area contributed by atoms with Gasteiger partial charge in [-0.05, 0) is 79.4 Å². The number of carbonyl (C=O) groups is 1. The lowest BCUT2D eigenvalue weighted by Crippen LogP contribution is -2.55. The third kappa shape index (κ3) is 3.40. The SMILES string of the molecule is Cl.O=C(N1CCc2cc(-c3cccc(F)c3)ccc21)C1(n2cccn2)CCNCC1. The van der Waals surface area contributed by atoms with Crippen LogP contribution in [0.5, 0.6) is 0 Å². The average molecular weight is 427 g/mol. The fraction of sp³-hybridized carbons (Fsp3) is 0.304. The van der Waals surface area contributed by atoms with Gasteiger partial charge in [-0.1, -0.05) is 18.2 Å². The van der Waals surface area contributed by atoms with E-state index in [9.17, 15) is 9.18 Å². The van der Waals surface area contributed by atoms with E-state index in [2.05, 4.69) is 16.5 Å². The van der Waals surface area contributed by atoms with E-state index in [1.807, 2.05) is 40.0 Å². The van der Waals surface area contributed by atoms with Crippen LogP contribution < -0.4 is 10.2 Å². The maximum absolute atomic E-state index is 13.8. The predicted molar refractivity (Wildman–Crippen MR) is 117 cm³/mol. The first-order chi connectivity index (χ1) is 14.2. The molecule has 0 aliphatic carbocycles. The summed E-state index contributed by atoms with van der Waals surface area (Å²) >= 11 is 0. The van der Waals surface area contributed by atoms with Crippen molar-refractivity contribution in [2.24, 2.45) is 0 Å². The van der Waals surface area contributed by atoms with Crippen LogP contribution in [-0.2, 0) is 16.8 Å². The first kappa shape index (κ1) is 20.6. The lowest BCUT2D eigenvalue weighted by atomic mass is 9.86. The van der Waals surface area contributed by atoms with Crippen LogP contribution in [0.1, 0.15) is 18.4 Å². The van der Waals surface area contributed by atoms with Crippen LogP contribution >= 0.6 is 12.4 Å². The molecule has 0 bridgehead atoms. The summed E-state index contributed by atoms with van der Waals surface area (Å²) in [6.45, 7) is 2.26. The van der Waals surface area contributed by atoms with Gasteiger partial charge < -0.3 is 10.2 Å². The highest BCUT2D eigenvalue weighted by atomic mass is 35.5. The summed E-state index contributed by atoms with van der Waals surface area (Å²) in [6, 6.07) is 14.6. The van der Waals surface area contributed by atoms with Gasteiger partial charge in [-0.15, -0.1) is 12.4 Å². The number of nitrogens with zero attached hydrogens (tertiary/aromatic N) is 3. The molecule has 0 atom stereocenters. The van der Waals surface area contributed by atoms with Crippen molar-refractivity contribution >= 4 is 24.0 Å². The van der Waals surface area contributed by atoms with Crippen molar-refractivity contribution in [3.63, 3.8) is 0 Å². The van der Waals surface area contributed by atoms with Crippen molar-refractivity contribution < 1.29 is 9.18 Å². The lowest BCUT2D eigenvalue weighted by Gasteiger charge is -2.39. The number of benzene rings is 2. The zero-order chi connectivity index (χ0) is 19.8. The van der Waals surface area contributed by atoms with Crippen LogP contribution in [0.25, 0.3) is 11.1 Å². The van der Waals surface area contributed by atoms with E-state index < -0.39 is 5.54 Å². The second-order valence-corrected chi connectivity index (χ2v) is 7.79. The molecule has 2 aliphatic heterocycles. The summed E-state index contributed by atoms with van der Waals surface area (Å²) in [5, 5.41) is 7.78. The number of fused-ring (bicyclic) bond motifs is 1.